The second-order valence-corrected chi connectivity index (χ2v) is 2.13. The quantitative estimate of drug-likeness (QED) is 0.418. The summed E-state index contributed by atoms with van der Waals surface area (Å²) in [5, 5.41) is 19.9. The van der Waals surface area contributed by atoms with Crippen molar-refractivity contribution in [1.82, 2.24) is 5.32 Å². The number of aliphatic hydroxyl groups excluding tert-OH is 1. The molecule has 0 spiro atoms. The average molecular weight is 131 g/mol. The molecule has 0 bridgehead atoms. The summed E-state index contributed by atoms with van der Waals surface area (Å²) in [4.78, 5) is 10.2. The molecule has 0 aromatic carbocycles. The zero-order valence-corrected chi connectivity index (χ0v) is 4.87. The Kier molecular flexibility index (Phi) is 1.68. The Morgan fingerprint density at radius 2 is 2.33 bits per heavy atom. The predicted octanol–water partition coefficient (Wildman–Crippen LogP) is -1.21. The number of aliphatic carboxylic acids is 1. The number of rotatable bonds is 1. The summed E-state index contributed by atoms with van der Waals surface area (Å²) < 4.78 is 0. The van der Waals surface area contributed by atoms with Gasteiger partial charge in [0.25, 0.3) is 0 Å². The molecule has 4 nitrogen and oxygen atoms in total. The third-order valence-corrected chi connectivity index (χ3v) is 1.46. The summed E-state index contributed by atoms with van der Waals surface area (Å²) in [7, 11) is 0. The minimum Gasteiger partial charge on any atom is -0.480 e. The average Bonchev–Trinajstić information content (AvgIpc) is 2.13. The van der Waals surface area contributed by atoms with Crippen molar-refractivity contribution in [2.45, 2.75) is 18.6 Å². The third-order valence-electron chi connectivity index (χ3n) is 1.46. The van der Waals surface area contributed by atoms with Gasteiger partial charge >= 0.3 is 5.97 Å². The molecule has 1 unspecified atom stereocenters. The van der Waals surface area contributed by atoms with Gasteiger partial charge in [0.2, 0.25) is 0 Å². The molecule has 0 radical (unpaired) electrons. The maximum absolute atomic E-state index is 10.2. The van der Waals surface area contributed by atoms with Crippen LogP contribution in [0.1, 0.15) is 6.42 Å². The first kappa shape index (κ1) is 6.51. The van der Waals surface area contributed by atoms with E-state index in [1.54, 1.807) is 0 Å². The Hall–Kier alpha value is -0.610. The Morgan fingerprint density at radius 1 is 1.67 bits per heavy atom. The zero-order chi connectivity index (χ0) is 6.85. The van der Waals surface area contributed by atoms with Crippen molar-refractivity contribution in [2.75, 3.05) is 6.54 Å². The fraction of sp³-hybridized carbons (Fsp3) is 0.800. The fourth-order valence-electron chi connectivity index (χ4n) is 0.941. The zero-order valence-electron chi connectivity index (χ0n) is 4.87. The van der Waals surface area contributed by atoms with Gasteiger partial charge in [0, 0.05) is 0 Å². The third kappa shape index (κ3) is 1.20. The lowest BCUT2D eigenvalue weighted by molar-refractivity contribution is -0.141. The topological polar surface area (TPSA) is 69.6 Å². The smallest absolute Gasteiger partial charge is 0.323 e. The minimum absolute atomic E-state index is 0.539. The van der Waals surface area contributed by atoms with Gasteiger partial charge in [-0.1, -0.05) is 0 Å². The highest BCUT2D eigenvalue weighted by atomic mass is 16.4. The maximum atomic E-state index is 10.2. The molecule has 1 aliphatic heterocycles. The van der Waals surface area contributed by atoms with Crippen LogP contribution >= 0.6 is 0 Å². The highest BCUT2D eigenvalue weighted by molar-refractivity contribution is 5.74. The van der Waals surface area contributed by atoms with Crippen LogP contribution in [-0.2, 0) is 4.79 Å². The van der Waals surface area contributed by atoms with E-state index in [0.29, 0.717) is 13.0 Å². The lowest BCUT2D eigenvalue weighted by Crippen LogP contribution is -2.38. The van der Waals surface area contributed by atoms with Crippen LogP contribution in [0.4, 0.5) is 0 Å². The SMILES string of the molecule is O=C(O)C1NCC[C@H]1O. The summed E-state index contributed by atoms with van der Waals surface area (Å²) in [6, 6.07) is -0.745. The molecule has 4 heteroatoms. The van der Waals surface area contributed by atoms with Crippen molar-refractivity contribution in [2.24, 2.45) is 0 Å². The molecular weight excluding hydrogens is 122 g/mol. The van der Waals surface area contributed by atoms with Crippen LogP contribution in [0.25, 0.3) is 0 Å². The van der Waals surface area contributed by atoms with Crippen molar-refractivity contribution in [3.8, 4) is 0 Å². The maximum Gasteiger partial charge on any atom is 0.323 e. The minimum atomic E-state index is -0.972. The van der Waals surface area contributed by atoms with Crippen molar-refractivity contribution in [3.63, 3.8) is 0 Å². The van der Waals surface area contributed by atoms with Crippen molar-refractivity contribution in [1.29, 1.82) is 0 Å². The molecule has 0 aromatic rings. The molecule has 1 saturated heterocycles. The van der Waals surface area contributed by atoms with Gasteiger partial charge < -0.3 is 15.5 Å². The van der Waals surface area contributed by atoms with E-state index >= 15 is 0 Å². The van der Waals surface area contributed by atoms with E-state index in [-0.39, 0.29) is 0 Å². The van der Waals surface area contributed by atoms with E-state index in [1.807, 2.05) is 0 Å². The molecule has 0 aromatic heterocycles. The first-order valence-corrected chi connectivity index (χ1v) is 2.86. The first-order valence-electron chi connectivity index (χ1n) is 2.86. The van der Waals surface area contributed by atoms with E-state index in [4.69, 9.17) is 10.2 Å². The lowest BCUT2D eigenvalue weighted by Gasteiger charge is -2.06. The number of hydrogen-bond acceptors (Lipinski definition) is 3. The molecule has 9 heavy (non-hydrogen) atoms. The summed E-state index contributed by atoms with van der Waals surface area (Å²) in [6.07, 6.45) is -0.167. The molecule has 1 fully saturated rings. The largest absolute Gasteiger partial charge is 0.480 e. The van der Waals surface area contributed by atoms with Gasteiger partial charge in [-0.25, -0.2) is 0 Å². The summed E-state index contributed by atoms with van der Waals surface area (Å²) in [5.74, 6) is -0.972. The molecular formula is C5H9NO3. The number of carbonyl (C=O) groups is 1. The number of hydrogen-bond donors (Lipinski definition) is 3. The van der Waals surface area contributed by atoms with E-state index < -0.39 is 18.1 Å². The summed E-state index contributed by atoms with van der Waals surface area (Å²) >= 11 is 0. The van der Waals surface area contributed by atoms with Gasteiger partial charge in [-0.05, 0) is 13.0 Å². The number of carboxylic acids is 1. The number of nitrogens with one attached hydrogen (secondary N) is 1. The number of aliphatic hydroxyl groups is 1. The standard InChI is InChI=1S/C5H9NO3/c7-3-1-2-6-4(3)5(8)9/h3-4,6-7H,1-2H2,(H,8,9)/t3-,4?/m1/s1. The molecule has 52 valence electrons. The lowest BCUT2D eigenvalue weighted by atomic mass is 10.2. The highest BCUT2D eigenvalue weighted by Crippen LogP contribution is 2.05. The van der Waals surface area contributed by atoms with Gasteiger partial charge in [-0.2, -0.15) is 0 Å². The van der Waals surface area contributed by atoms with Crippen molar-refractivity contribution < 1.29 is 15.0 Å². The van der Waals surface area contributed by atoms with Crippen LogP contribution in [-0.4, -0.2) is 34.9 Å². The van der Waals surface area contributed by atoms with Gasteiger partial charge in [-0.3, -0.25) is 4.79 Å². The second kappa shape index (κ2) is 2.33. The highest BCUT2D eigenvalue weighted by Gasteiger charge is 2.30. The van der Waals surface area contributed by atoms with E-state index in [0.717, 1.165) is 0 Å². The number of carboxylic acid groups (broad SMARTS) is 1. The Morgan fingerprint density at radius 3 is 2.56 bits per heavy atom. The first-order chi connectivity index (χ1) is 4.22. The van der Waals surface area contributed by atoms with E-state index in [9.17, 15) is 4.79 Å². The molecule has 1 aliphatic rings. The molecule has 3 N–H and O–H groups in total. The van der Waals surface area contributed by atoms with Crippen LogP contribution in [0.2, 0.25) is 0 Å². The fourth-order valence-corrected chi connectivity index (χ4v) is 0.941. The summed E-state index contributed by atoms with van der Waals surface area (Å²) in [6.45, 7) is 0.595. The normalized spacial score (nSPS) is 34.8. The second-order valence-electron chi connectivity index (χ2n) is 2.13. The van der Waals surface area contributed by atoms with Gasteiger partial charge in [-0.15, -0.1) is 0 Å². The Labute approximate surface area is 52.5 Å². The molecule has 1 heterocycles. The van der Waals surface area contributed by atoms with Crippen LogP contribution < -0.4 is 5.32 Å². The molecule has 0 amide bonds. The molecule has 0 aliphatic carbocycles. The van der Waals surface area contributed by atoms with Crippen LogP contribution in [0.15, 0.2) is 0 Å². The molecule has 2 atom stereocenters. The van der Waals surface area contributed by atoms with Crippen LogP contribution in [0.5, 0.6) is 0 Å². The Bertz CT molecular complexity index is 125. The van der Waals surface area contributed by atoms with Gasteiger partial charge in [0.15, 0.2) is 0 Å². The van der Waals surface area contributed by atoms with Crippen molar-refractivity contribution in [3.05, 3.63) is 0 Å². The van der Waals surface area contributed by atoms with Crippen LogP contribution in [0, 0.1) is 0 Å². The van der Waals surface area contributed by atoms with E-state index in [2.05, 4.69) is 5.32 Å². The predicted molar refractivity (Wildman–Crippen MR) is 30.1 cm³/mol. The monoisotopic (exact) mass is 131 g/mol. The molecule has 1 rings (SSSR count). The van der Waals surface area contributed by atoms with Crippen LogP contribution in [0.3, 0.4) is 0 Å². The van der Waals surface area contributed by atoms with Gasteiger partial charge in [0.05, 0.1) is 6.10 Å². The molecule has 0 saturated carbocycles. The van der Waals surface area contributed by atoms with Gasteiger partial charge in [0.1, 0.15) is 6.04 Å². The van der Waals surface area contributed by atoms with Crippen molar-refractivity contribution >= 4 is 5.97 Å². The summed E-state index contributed by atoms with van der Waals surface area (Å²) in [5.41, 5.74) is 0. The van der Waals surface area contributed by atoms with E-state index in [1.165, 1.54) is 0 Å². The Balaban J connectivity index is 2.49.